The Bertz CT molecular complexity index is 1000. The van der Waals surface area contributed by atoms with E-state index in [0.717, 1.165) is 12.1 Å². The van der Waals surface area contributed by atoms with Crippen LogP contribution in [0.5, 0.6) is 5.75 Å². The molecule has 0 aliphatic carbocycles. The highest BCUT2D eigenvalue weighted by Gasteiger charge is 2.38. The van der Waals surface area contributed by atoms with Crippen LogP contribution in [0.25, 0.3) is 0 Å². The minimum Gasteiger partial charge on any atom is -0.379 e. The lowest BCUT2D eigenvalue weighted by Crippen LogP contribution is -2.14. The summed E-state index contributed by atoms with van der Waals surface area (Å²) in [4.78, 5) is 8.88. The first-order valence-corrected chi connectivity index (χ1v) is 8.58. The van der Waals surface area contributed by atoms with Gasteiger partial charge in [-0.1, -0.05) is 11.6 Å². The van der Waals surface area contributed by atoms with E-state index in [1.54, 1.807) is 0 Å². The van der Waals surface area contributed by atoms with E-state index in [0.29, 0.717) is 6.07 Å². The molecule has 0 amide bonds. The molecule has 0 radical (unpaired) electrons. The van der Waals surface area contributed by atoms with Gasteiger partial charge in [0.25, 0.3) is 5.69 Å². The third kappa shape index (κ3) is 4.84. The first kappa shape index (κ1) is 21.8. The summed E-state index contributed by atoms with van der Waals surface area (Å²) in [6, 6.07) is 1.89. The van der Waals surface area contributed by atoms with Gasteiger partial charge in [0.1, 0.15) is 15.7 Å². The average molecular weight is 450 g/mol. The molecule has 0 aliphatic rings. The molecule has 0 atom stereocenters. The van der Waals surface area contributed by atoms with Gasteiger partial charge >= 0.3 is 22.5 Å². The molecule has 14 heteroatoms. The molecule has 0 fully saturated rings. The Morgan fingerprint density at radius 3 is 1.86 bits per heavy atom. The minimum absolute atomic E-state index is 0.0527. The first-order valence-electron chi connectivity index (χ1n) is 6.79. The Labute approximate surface area is 157 Å². The Hall–Kier alpha value is -2.54. The monoisotopic (exact) mass is 449 g/mol. The van der Waals surface area contributed by atoms with Gasteiger partial charge in [0.2, 0.25) is 0 Å². The van der Waals surface area contributed by atoms with E-state index in [2.05, 4.69) is 4.18 Å². The van der Waals surface area contributed by atoms with Crippen LogP contribution in [-0.2, 0) is 22.5 Å². The van der Waals surface area contributed by atoms with Crippen molar-refractivity contribution in [1.29, 1.82) is 0 Å². The second-order valence-corrected chi connectivity index (χ2v) is 7.10. The third-order valence-corrected chi connectivity index (χ3v) is 4.73. The molecule has 6 nitrogen and oxygen atoms in total. The number of hydrogen-bond acceptors (Lipinski definition) is 5. The molecule has 0 spiro atoms. The lowest BCUT2D eigenvalue weighted by atomic mass is 10.1. The van der Waals surface area contributed by atoms with Gasteiger partial charge in [-0.05, 0) is 30.3 Å². The summed E-state index contributed by atoms with van der Waals surface area (Å²) in [5, 5.41) is 10.4. The highest BCUT2D eigenvalue weighted by Crippen LogP contribution is 2.39. The van der Waals surface area contributed by atoms with E-state index >= 15 is 0 Å². The molecule has 0 heterocycles. The predicted octanol–water partition coefficient (Wildman–Crippen LogP) is 5.05. The van der Waals surface area contributed by atoms with Crippen LogP contribution >= 0.6 is 11.6 Å². The molecule has 0 saturated carbocycles. The quantitative estimate of drug-likeness (QED) is 0.282. The van der Waals surface area contributed by atoms with Crippen LogP contribution in [0.15, 0.2) is 41.3 Å². The number of halogens is 7. The summed E-state index contributed by atoms with van der Waals surface area (Å²) in [5.41, 5.74) is -4.45. The maximum absolute atomic E-state index is 12.8. The van der Waals surface area contributed by atoms with E-state index in [1.807, 2.05) is 0 Å². The molecule has 0 aromatic heterocycles. The van der Waals surface area contributed by atoms with Crippen molar-refractivity contribution in [2.75, 3.05) is 0 Å². The molecule has 152 valence electrons. The lowest BCUT2D eigenvalue weighted by molar-refractivity contribution is -0.384. The smallest absolute Gasteiger partial charge is 0.379 e. The van der Waals surface area contributed by atoms with E-state index in [-0.39, 0.29) is 18.2 Å². The molecule has 28 heavy (non-hydrogen) atoms. The summed E-state index contributed by atoms with van der Waals surface area (Å²) in [5.74, 6) is -1.28. The summed E-state index contributed by atoms with van der Waals surface area (Å²) in [6.45, 7) is 0. The Morgan fingerprint density at radius 1 is 0.929 bits per heavy atom. The van der Waals surface area contributed by atoms with Crippen molar-refractivity contribution in [2.24, 2.45) is 0 Å². The SMILES string of the molecule is O=[N+]([O-])c1cc(S(=O)(=O)Oc2cc(C(F)(F)F)cc(C(F)(F)F)c2)ccc1Cl. The highest BCUT2D eigenvalue weighted by atomic mass is 35.5. The number of benzene rings is 2. The first-order chi connectivity index (χ1) is 12.6. The molecule has 2 aromatic carbocycles. The van der Waals surface area contributed by atoms with Crippen molar-refractivity contribution in [3.8, 4) is 5.75 Å². The average Bonchev–Trinajstić information content (AvgIpc) is 2.52. The molecule has 0 N–H and O–H groups in total. The number of hydrogen-bond donors (Lipinski definition) is 0. The van der Waals surface area contributed by atoms with Gasteiger partial charge < -0.3 is 4.18 Å². The van der Waals surface area contributed by atoms with Gasteiger partial charge in [0, 0.05) is 6.07 Å². The van der Waals surface area contributed by atoms with Crippen LogP contribution in [0, 0.1) is 10.1 Å². The molecule has 0 aliphatic heterocycles. The van der Waals surface area contributed by atoms with E-state index < -0.39 is 59.9 Å². The summed E-state index contributed by atoms with van der Waals surface area (Å²) < 4.78 is 106. The van der Waals surface area contributed by atoms with Gasteiger partial charge in [0.05, 0.1) is 16.1 Å². The van der Waals surface area contributed by atoms with Crippen LogP contribution in [0.3, 0.4) is 0 Å². The van der Waals surface area contributed by atoms with Crippen molar-refractivity contribution >= 4 is 27.4 Å². The molecule has 2 aromatic rings. The number of nitrogens with zero attached hydrogens (tertiary/aromatic N) is 1. The van der Waals surface area contributed by atoms with Crippen molar-refractivity contribution in [2.45, 2.75) is 17.2 Å². The van der Waals surface area contributed by atoms with Crippen molar-refractivity contribution in [1.82, 2.24) is 0 Å². The summed E-state index contributed by atoms with van der Waals surface area (Å²) >= 11 is 5.52. The number of nitro groups is 1. The number of nitro benzene ring substituents is 1. The van der Waals surface area contributed by atoms with Crippen molar-refractivity contribution < 1.29 is 43.9 Å². The fourth-order valence-corrected chi connectivity index (χ4v) is 3.06. The van der Waals surface area contributed by atoms with Gasteiger partial charge in [0.15, 0.2) is 0 Å². The van der Waals surface area contributed by atoms with E-state index in [9.17, 15) is 44.9 Å². The fourth-order valence-electron chi connectivity index (χ4n) is 1.94. The van der Waals surface area contributed by atoms with Crippen LogP contribution in [0.4, 0.5) is 32.0 Å². The molecule has 0 unspecified atom stereocenters. The molecular weight excluding hydrogens is 444 g/mol. The summed E-state index contributed by atoms with van der Waals surface area (Å²) in [6.07, 6.45) is -10.4. The topological polar surface area (TPSA) is 86.5 Å². The van der Waals surface area contributed by atoms with Crippen LogP contribution < -0.4 is 4.18 Å². The van der Waals surface area contributed by atoms with Crippen molar-refractivity contribution in [3.05, 3.63) is 62.7 Å². The number of alkyl halides is 6. The van der Waals surface area contributed by atoms with Gasteiger partial charge in [-0.2, -0.15) is 34.8 Å². The molecule has 0 bridgehead atoms. The second kappa shape index (κ2) is 7.13. The van der Waals surface area contributed by atoms with Crippen LogP contribution in [0.2, 0.25) is 5.02 Å². The predicted molar refractivity (Wildman–Crippen MR) is 82.4 cm³/mol. The lowest BCUT2D eigenvalue weighted by Gasteiger charge is -2.14. The van der Waals surface area contributed by atoms with Gasteiger partial charge in [-0.25, -0.2) is 0 Å². The normalized spacial score (nSPS) is 12.7. The van der Waals surface area contributed by atoms with Crippen LogP contribution in [0.1, 0.15) is 11.1 Å². The Morgan fingerprint density at radius 2 is 1.43 bits per heavy atom. The third-order valence-electron chi connectivity index (χ3n) is 3.17. The standard InChI is InChI=1S/C14H6ClF6NO5S/c15-11-2-1-10(6-12(11)22(23)24)28(25,26)27-9-4-7(13(16,17)18)3-8(5-9)14(19,20)21/h1-6H. The molecule has 0 saturated heterocycles. The maximum atomic E-state index is 12.8. The zero-order valence-corrected chi connectivity index (χ0v) is 14.6. The Balaban J connectivity index is 2.55. The molecule has 2 rings (SSSR count). The van der Waals surface area contributed by atoms with Gasteiger partial charge in [-0.15, -0.1) is 0 Å². The van der Waals surface area contributed by atoms with Crippen molar-refractivity contribution in [3.63, 3.8) is 0 Å². The largest absolute Gasteiger partial charge is 0.416 e. The maximum Gasteiger partial charge on any atom is 0.416 e. The van der Waals surface area contributed by atoms with E-state index in [1.165, 1.54) is 0 Å². The Kier molecular flexibility index (Phi) is 5.54. The second-order valence-electron chi connectivity index (χ2n) is 5.15. The fraction of sp³-hybridized carbons (Fsp3) is 0.143. The van der Waals surface area contributed by atoms with Crippen LogP contribution in [-0.4, -0.2) is 13.3 Å². The minimum atomic E-state index is -5.22. The summed E-state index contributed by atoms with van der Waals surface area (Å²) in [7, 11) is -5.01. The zero-order valence-electron chi connectivity index (χ0n) is 13.0. The molecular formula is C14H6ClF6NO5S. The zero-order chi connectivity index (χ0) is 21.5. The number of rotatable bonds is 4. The van der Waals surface area contributed by atoms with E-state index in [4.69, 9.17) is 11.6 Å². The van der Waals surface area contributed by atoms with Gasteiger partial charge in [-0.3, -0.25) is 10.1 Å². The highest BCUT2D eigenvalue weighted by molar-refractivity contribution is 7.87.